The summed E-state index contributed by atoms with van der Waals surface area (Å²) in [4.78, 5) is 40.9. The number of anilines is 2. The minimum atomic E-state index is -1.10. The molecule has 0 aliphatic rings. The van der Waals surface area contributed by atoms with Gasteiger partial charge in [0.1, 0.15) is 22.4 Å². The number of carbonyl (C=O) groups is 3. The average molecular weight is 526 g/mol. The first-order valence-corrected chi connectivity index (χ1v) is 12.3. The van der Waals surface area contributed by atoms with Gasteiger partial charge in [0.15, 0.2) is 5.69 Å². The predicted octanol–water partition coefficient (Wildman–Crippen LogP) is 3.53. The van der Waals surface area contributed by atoms with Crippen LogP contribution in [0.15, 0.2) is 48.5 Å². The summed E-state index contributed by atoms with van der Waals surface area (Å²) in [6.45, 7) is 7.90. The Bertz CT molecular complexity index is 1270. The Hall–Kier alpha value is -4.12. The Labute approximate surface area is 219 Å². The van der Waals surface area contributed by atoms with E-state index in [1.54, 1.807) is 48.5 Å². The number of aromatic nitrogens is 1. The first-order chi connectivity index (χ1) is 17.5. The molecule has 0 saturated carbocycles. The Morgan fingerprint density at radius 2 is 1.65 bits per heavy atom. The van der Waals surface area contributed by atoms with Crippen molar-refractivity contribution in [3.63, 3.8) is 0 Å². The highest BCUT2D eigenvalue weighted by molar-refractivity contribution is 7.09. The lowest BCUT2D eigenvalue weighted by molar-refractivity contribution is -0.123. The van der Waals surface area contributed by atoms with Crippen LogP contribution in [0.2, 0.25) is 0 Å². The van der Waals surface area contributed by atoms with Crippen molar-refractivity contribution in [3.05, 3.63) is 64.7 Å². The highest BCUT2D eigenvalue weighted by Crippen LogP contribution is 2.34. The van der Waals surface area contributed by atoms with Crippen LogP contribution in [-0.4, -0.2) is 41.4 Å². The summed E-state index contributed by atoms with van der Waals surface area (Å²) >= 11 is 0.746. The van der Waals surface area contributed by atoms with Crippen LogP contribution in [0.5, 0.6) is 11.5 Å². The third-order valence-electron chi connectivity index (χ3n) is 5.24. The van der Waals surface area contributed by atoms with Gasteiger partial charge in [0.2, 0.25) is 5.91 Å². The average Bonchev–Trinajstić information content (AvgIpc) is 3.23. The van der Waals surface area contributed by atoms with E-state index in [2.05, 4.69) is 9.69 Å². The molecule has 0 saturated heterocycles. The molecule has 0 unspecified atom stereocenters. The fourth-order valence-corrected chi connectivity index (χ4v) is 4.38. The number of ether oxygens (including phenoxy) is 2. The van der Waals surface area contributed by atoms with E-state index in [0.29, 0.717) is 29.4 Å². The second-order valence-electron chi connectivity index (χ2n) is 9.16. The first-order valence-electron chi connectivity index (χ1n) is 11.5. The molecule has 0 bridgehead atoms. The fraction of sp³-hybridized carbons (Fsp3) is 0.308. The highest BCUT2D eigenvalue weighted by atomic mass is 32.1. The van der Waals surface area contributed by atoms with E-state index in [9.17, 15) is 14.4 Å². The number of hydrogen-bond acceptors (Lipinski definition) is 8. The fourth-order valence-electron chi connectivity index (χ4n) is 3.63. The maximum atomic E-state index is 14.0. The van der Waals surface area contributed by atoms with Crippen molar-refractivity contribution >= 4 is 40.6 Å². The third kappa shape index (κ3) is 6.36. The van der Waals surface area contributed by atoms with Crippen molar-refractivity contribution in [2.75, 3.05) is 24.4 Å². The molecule has 0 fully saturated rings. The molecule has 0 aliphatic heterocycles. The van der Waals surface area contributed by atoms with Crippen LogP contribution in [0.25, 0.3) is 0 Å². The molecular weight excluding hydrogens is 494 g/mol. The number of methoxy groups -OCH3 is 1. The van der Waals surface area contributed by atoms with Crippen molar-refractivity contribution in [2.24, 2.45) is 5.73 Å². The van der Waals surface area contributed by atoms with E-state index in [1.165, 1.54) is 12.0 Å². The highest BCUT2D eigenvalue weighted by Gasteiger charge is 2.37. The first kappa shape index (κ1) is 27.5. The van der Waals surface area contributed by atoms with Crippen molar-refractivity contribution in [1.29, 1.82) is 0 Å². The molecule has 5 N–H and O–H groups in total. The zero-order valence-corrected chi connectivity index (χ0v) is 22.2. The normalized spacial score (nSPS) is 11.9. The molecule has 1 aromatic heterocycles. The number of amides is 3. The second-order valence-corrected chi connectivity index (χ2v) is 9.93. The zero-order valence-electron chi connectivity index (χ0n) is 21.4. The molecule has 0 spiro atoms. The molecule has 3 aromatic rings. The minimum absolute atomic E-state index is 0.0101. The van der Waals surface area contributed by atoms with Gasteiger partial charge < -0.3 is 26.3 Å². The van der Waals surface area contributed by atoms with E-state index in [-0.39, 0.29) is 16.3 Å². The van der Waals surface area contributed by atoms with Gasteiger partial charge in [-0.3, -0.25) is 19.3 Å². The molecule has 1 atom stereocenters. The van der Waals surface area contributed by atoms with Crippen LogP contribution in [-0.2, 0) is 4.79 Å². The van der Waals surface area contributed by atoms with E-state index >= 15 is 0 Å². The lowest BCUT2D eigenvalue weighted by Crippen LogP contribution is -2.49. The maximum Gasteiger partial charge on any atom is 0.273 e. The Balaban J connectivity index is 2.21. The number of nitrogen functional groups attached to an aromatic ring is 1. The topological polar surface area (TPSA) is 150 Å². The summed E-state index contributed by atoms with van der Waals surface area (Å²) in [5.41, 5.74) is 11.5. The summed E-state index contributed by atoms with van der Waals surface area (Å²) in [6, 6.07) is 12.5. The molecule has 11 heteroatoms. The van der Waals surface area contributed by atoms with Gasteiger partial charge in [-0.2, -0.15) is 4.37 Å². The van der Waals surface area contributed by atoms with Gasteiger partial charge in [0.05, 0.1) is 19.4 Å². The predicted molar refractivity (Wildman–Crippen MR) is 143 cm³/mol. The lowest BCUT2D eigenvalue weighted by atomic mass is 10.00. The molecular formula is C26H31N5O5S. The third-order valence-corrected chi connectivity index (χ3v) is 6.09. The van der Waals surface area contributed by atoms with Gasteiger partial charge >= 0.3 is 0 Å². The van der Waals surface area contributed by atoms with Crippen LogP contribution >= 0.6 is 11.5 Å². The van der Waals surface area contributed by atoms with Crippen LogP contribution < -0.4 is 31.2 Å². The van der Waals surface area contributed by atoms with Crippen LogP contribution in [0.1, 0.15) is 59.5 Å². The Kier molecular flexibility index (Phi) is 8.38. The molecule has 0 aliphatic carbocycles. The van der Waals surface area contributed by atoms with Gasteiger partial charge in [-0.05, 0) is 81.2 Å². The number of nitrogens with two attached hydrogens (primary N) is 2. The number of rotatable bonds is 9. The van der Waals surface area contributed by atoms with Gasteiger partial charge in [0.25, 0.3) is 11.8 Å². The van der Waals surface area contributed by atoms with Gasteiger partial charge in [-0.1, -0.05) is 12.1 Å². The number of carbonyl (C=O) groups excluding carboxylic acids is 3. The molecule has 3 rings (SSSR count). The van der Waals surface area contributed by atoms with Gasteiger partial charge in [-0.25, -0.2) is 0 Å². The lowest BCUT2D eigenvalue weighted by Gasteiger charge is -2.33. The number of nitrogens with one attached hydrogen (secondary N) is 1. The summed E-state index contributed by atoms with van der Waals surface area (Å²) in [7, 11) is 1.53. The summed E-state index contributed by atoms with van der Waals surface area (Å²) < 4.78 is 14.8. The molecule has 0 radical (unpaired) electrons. The summed E-state index contributed by atoms with van der Waals surface area (Å²) in [5, 5.41) is 2.97. The summed E-state index contributed by atoms with van der Waals surface area (Å²) in [5.74, 6) is -0.686. The summed E-state index contributed by atoms with van der Waals surface area (Å²) in [6.07, 6.45) is 0. The Morgan fingerprint density at radius 3 is 2.14 bits per heavy atom. The van der Waals surface area contributed by atoms with E-state index in [0.717, 1.165) is 11.5 Å². The SMILES string of the molecule is CCOc1ccc([C@@H](C(=O)NC(C)(C)C)N(C(=O)c2snc(C(N)=O)c2N)c2ccc(OC)cc2)cc1. The molecule has 196 valence electrons. The van der Waals surface area contributed by atoms with E-state index in [1.807, 2.05) is 27.7 Å². The quantitative estimate of drug-likeness (QED) is 0.387. The number of hydrogen-bond donors (Lipinski definition) is 3. The number of primary amides is 1. The zero-order chi connectivity index (χ0) is 27.3. The smallest absolute Gasteiger partial charge is 0.273 e. The van der Waals surface area contributed by atoms with Crippen molar-refractivity contribution < 1.29 is 23.9 Å². The van der Waals surface area contributed by atoms with Crippen LogP contribution in [0.3, 0.4) is 0 Å². The van der Waals surface area contributed by atoms with Gasteiger partial charge in [0, 0.05) is 11.2 Å². The standard InChI is InChI=1S/C26H31N5O5S/c1-6-36-18-11-7-15(8-12-18)21(24(33)29-26(2,3)4)31(16-9-13-17(35-5)14-10-16)25(34)22-19(27)20(23(28)32)30-37-22/h7-14,21H,6,27H2,1-5H3,(H2,28,32)(H,29,33)/t21-/m0/s1. The maximum absolute atomic E-state index is 14.0. The van der Waals surface area contributed by atoms with Crippen molar-refractivity contribution in [3.8, 4) is 11.5 Å². The molecule has 2 aromatic carbocycles. The van der Waals surface area contributed by atoms with E-state index < -0.39 is 29.3 Å². The molecule has 1 heterocycles. The second kappa shape index (κ2) is 11.3. The Morgan fingerprint density at radius 1 is 1.05 bits per heavy atom. The monoisotopic (exact) mass is 525 g/mol. The van der Waals surface area contributed by atoms with Crippen molar-refractivity contribution in [2.45, 2.75) is 39.3 Å². The van der Waals surface area contributed by atoms with Gasteiger partial charge in [-0.15, -0.1) is 0 Å². The molecule has 10 nitrogen and oxygen atoms in total. The van der Waals surface area contributed by atoms with Crippen LogP contribution in [0.4, 0.5) is 11.4 Å². The number of nitrogens with zero attached hydrogens (tertiary/aromatic N) is 2. The van der Waals surface area contributed by atoms with E-state index in [4.69, 9.17) is 20.9 Å². The minimum Gasteiger partial charge on any atom is -0.497 e. The van der Waals surface area contributed by atoms with Crippen LogP contribution in [0, 0.1) is 0 Å². The van der Waals surface area contributed by atoms with Crippen molar-refractivity contribution in [1.82, 2.24) is 9.69 Å². The largest absolute Gasteiger partial charge is 0.497 e. The molecule has 37 heavy (non-hydrogen) atoms. The molecule has 3 amide bonds. The number of benzene rings is 2.